The summed E-state index contributed by atoms with van der Waals surface area (Å²) >= 11 is 1.68. The summed E-state index contributed by atoms with van der Waals surface area (Å²) in [6.45, 7) is 4.02. The lowest BCUT2D eigenvalue weighted by Gasteiger charge is -2.06. The van der Waals surface area contributed by atoms with Gasteiger partial charge in [-0.1, -0.05) is 6.07 Å². The summed E-state index contributed by atoms with van der Waals surface area (Å²) in [6, 6.07) is 17.7. The molecule has 5 aromatic rings. The van der Waals surface area contributed by atoms with E-state index in [9.17, 15) is 4.79 Å². The summed E-state index contributed by atoms with van der Waals surface area (Å²) in [5.74, 6) is -0.156. The zero-order chi connectivity index (χ0) is 20.0. The van der Waals surface area contributed by atoms with Crippen LogP contribution in [0.5, 0.6) is 0 Å². The highest BCUT2D eigenvalue weighted by molar-refractivity contribution is 7.21. The minimum Gasteiger partial charge on any atom is -0.322 e. The van der Waals surface area contributed by atoms with Crippen molar-refractivity contribution in [1.82, 2.24) is 14.4 Å². The summed E-state index contributed by atoms with van der Waals surface area (Å²) in [6.07, 6.45) is 3.78. The number of nitrogens with one attached hydrogen (secondary N) is 1. The number of hydrogen-bond acceptors (Lipinski definition) is 4. The van der Waals surface area contributed by atoms with Crippen LogP contribution in [0.2, 0.25) is 0 Å². The van der Waals surface area contributed by atoms with Gasteiger partial charge >= 0.3 is 0 Å². The van der Waals surface area contributed by atoms with E-state index >= 15 is 0 Å². The molecule has 0 aliphatic carbocycles. The number of thiazole rings is 1. The number of hydrogen-bond donors (Lipinski definition) is 1. The van der Waals surface area contributed by atoms with E-state index in [-0.39, 0.29) is 5.91 Å². The molecule has 0 aliphatic heterocycles. The lowest BCUT2D eigenvalue weighted by atomic mass is 10.2. The normalized spacial score (nSPS) is 11.2. The van der Waals surface area contributed by atoms with Crippen LogP contribution in [0.3, 0.4) is 0 Å². The number of amides is 1. The van der Waals surface area contributed by atoms with Gasteiger partial charge in [-0.05, 0) is 67.9 Å². The molecule has 5 nitrogen and oxygen atoms in total. The maximum Gasteiger partial charge on any atom is 0.255 e. The average molecular weight is 398 g/mol. The SMILES string of the molecule is Cc1ccc2nc(-c3ccc(NC(=O)c4ccn5cc(C)nc5c4)cc3)sc2c1. The summed E-state index contributed by atoms with van der Waals surface area (Å²) in [5.41, 5.74) is 6.28. The monoisotopic (exact) mass is 398 g/mol. The maximum atomic E-state index is 12.6. The van der Waals surface area contributed by atoms with Gasteiger partial charge in [0.2, 0.25) is 0 Å². The molecule has 0 spiro atoms. The van der Waals surface area contributed by atoms with E-state index in [2.05, 4.69) is 35.4 Å². The molecule has 0 saturated carbocycles. The first-order valence-electron chi connectivity index (χ1n) is 9.29. The number of imidazole rings is 1. The Kier molecular flexibility index (Phi) is 4.14. The maximum absolute atomic E-state index is 12.6. The van der Waals surface area contributed by atoms with Gasteiger partial charge in [-0.25, -0.2) is 9.97 Å². The van der Waals surface area contributed by atoms with Crippen molar-refractivity contribution in [1.29, 1.82) is 0 Å². The van der Waals surface area contributed by atoms with Crippen molar-refractivity contribution in [3.63, 3.8) is 0 Å². The van der Waals surface area contributed by atoms with Gasteiger partial charge in [-0.15, -0.1) is 11.3 Å². The molecule has 3 aromatic heterocycles. The molecule has 0 unspecified atom stereocenters. The third kappa shape index (κ3) is 3.39. The second kappa shape index (κ2) is 6.83. The fourth-order valence-electron chi connectivity index (χ4n) is 3.30. The first kappa shape index (κ1) is 17.6. The molecule has 1 amide bonds. The van der Waals surface area contributed by atoms with Gasteiger partial charge in [-0.3, -0.25) is 4.79 Å². The average Bonchev–Trinajstić information content (AvgIpc) is 3.29. The van der Waals surface area contributed by atoms with Crippen molar-refractivity contribution in [3.05, 3.63) is 83.8 Å². The minimum atomic E-state index is -0.156. The van der Waals surface area contributed by atoms with E-state index in [0.717, 1.165) is 33.1 Å². The van der Waals surface area contributed by atoms with Crippen molar-refractivity contribution >= 4 is 38.8 Å². The molecule has 0 radical (unpaired) electrons. The molecule has 0 aliphatic rings. The third-order valence-corrected chi connectivity index (χ3v) is 5.84. The Bertz CT molecular complexity index is 1370. The molecule has 5 rings (SSSR count). The molecule has 1 N–H and O–H groups in total. The summed E-state index contributed by atoms with van der Waals surface area (Å²) < 4.78 is 3.09. The number of carbonyl (C=O) groups excluding carboxylic acids is 1. The van der Waals surface area contributed by atoms with Crippen LogP contribution >= 0.6 is 11.3 Å². The van der Waals surface area contributed by atoms with Gasteiger partial charge < -0.3 is 9.72 Å². The second-order valence-electron chi connectivity index (χ2n) is 7.08. The molecule has 142 valence electrons. The number of aromatic nitrogens is 3. The standard InChI is InChI=1S/C23H18N4OS/c1-14-3-8-19-20(11-14)29-23(26-19)16-4-6-18(7-5-16)25-22(28)17-9-10-27-13-15(2)24-21(27)12-17/h3-13H,1-2H3,(H,25,28). The Hall–Kier alpha value is -3.51. The van der Waals surface area contributed by atoms with E-state index < -0.39 is 0 Å². The Labute approximate surface area is 171 Å². The quantitative estimate of drug-likeness (QED) is 0.438. The molecule has 0 atom stereocenters. The highest BCUT2D eigenvalue weighted by Gasteiger charge is 2.10. The number of carbonyl (C=O) groups is 1. The van der Waals surface area contributed by atoms with E-state index in [1.54, 1.807) is 23.5 Å². The van der Waals surface area contributed by atoms with Crippen LogP contribution in [-0.2, 0) is 0 Å². The first-order chi connectivity index (χ1) is 14.0. The highest BCUT2D eigenvalue weighted by Crippen LogP contribution is 2.31. The Balaban J connectivity index is 1.36. The Morgan fingerprint density at radius 1 is 1.00 bits per heavy atom. The first-order valence-corrected chi connectivity index (χ1v) is 10.1. The van der Waals surface area contributed by atoms with Crippen LogP contribution in [0.4, 0.5) is 5.69 Å². The van der Waals surface area contributed by atoms with Crippen molar-refractivity contribution in [2.45, 2.75) is 13.8 Å². The van der Waals surface area contributed by atoms with E-state index in [1.807, 2.05) is 48.0 Å². The van der Waals surface area contributed by atoms with Gasteiger partial charge in [0.15, 0.2) is 0 Å². The van der Waals surface area contributed by atoms with E-state index in [4.69, 9.17) is 4.98 Å². The Morgan fingerprint density at radius 2 is 1.83 bits per heavy atom. The molecular formula is C23H18N4OS. The van der Waals surface area contributed by atoms with Crippen LogP contribution < -0.4 is 5.32 Å². The molecule has 6 heteroatoms. The third-order valence-electron chi connectivity index (χ3n) is 4.78. The molecular weight excluding hydrogens is 380 g/mol. The Morgan fingerprint density at radius 3 is 2.66 bits per heavy atom. The molecule has 2 aromatic carbocycles. The number of fused-ring (bicyclic) bond motifs is 2. The van der Waals surface area contributed by atoms with Gasteiger partial charge in [0.25, 0.3) is 5.91 Å². The molecule has 0 fully saturated rings. The number of pyridine rings is 1. The predicted octanol–water partition coefficient (Wildman–Crippen LogP) is 5.48. The van der Waals surface area contributed by atoms with Crippen LogP contribution in [0.15, 0.2) is 67.0 Å². The van der Waals surface area contributed by atoms with Crippen LogP contribution in [-0.4, -0.2) is 20.3 Å². The van der Waals surface area contributed by atoms with Crippen molar-refractivity contribution in [2.24, 2.45) is 0 Å². The zero-order valence-corrected chi connectivity index (χ0v) is 16.8. The van der Waals surface area contributed by atoms with Gasteiger partial charge in [0.1, 0.15) is 10.7 Å². The van der Waals surface area contributed by atoms with E-state index in [1.165, 1.54) is 10.3 Å². The molecule has 0 saturated heterocycles. The van der Waals surface area contributed by atoms with Gasteiger partial charge in [0, 0.05) is 29.2 Å². The van der Waals surface area contributed by atoms with Crippen molar-refractivity contribution < 1.29 is 4.79 Å². The lowest BCUT2D eigenvalue weighted by molar-refractivity contribution is 0.102. The molecule has 29 heavy (non-hydrogen) atoms. The number of benzene rings is 2. The smallest absolute Gasteiger partial charge is 0.255 e. The lowest BCUT2D eigenvalue weighted by Crippen LogP contribution is -2.12. The predicted molar refractivity (Wildman–Crippen MR) is 118 cm³/mol. The summed E-state index contributed by atoms with van der Waals surface area (Å²) in [7, 11) is 0. The molecule has 0 bridgehead atoms. The summed E-state index contributed by atoms with van der Waals surface area (Å²) in [5, 5.41) is 3.93. The highest BCUT2D eigenvalue weighted by atomic mass is 32.1. The largest absolute Gasteiger partial charge is 0.322 e. The van der Waals surface area contributed by atoms with Crippen molar-refractivity contribution in [2.75, 3.05) is 5.32 Å². The summed E-state index contributed by atoms with van der Waals surface area (Å²) in [4.78, 5) is 21.7. The van der Waals surface area contributed by atoms with Crippen LogP contribution in [0.1, 0.15) is 21.6 Å². The zero-order valence-electron chi connectivity index (χ0n) is 16.0. The topological polar surface area (TPSA) is 59.3 Å². The number of anilines is 1. The minimum absolute atomic E-state index is 0.156. The number of aryl methyl sites for hydroxylation is 2. The second-order valence-corrected chi connectivity index (χ2v) is 8.12. The fraction of sp³-hybridized carbons (Fsp3) is 0.0870. The molecule has 3 heterocycles. The van der Waals surface area contributed by atoms with Crippen molar-refractivity contribution in [3.8, 4) is 10.6 Å². The van der Waals surface area contributed by atoms with Gasteiger partial charge in [0.05, 0.1) is 15.9 Å². The van der Waals surface area contributed by atoms with Crippen LogP contribution in [0.25, 0.3) is 26.4 Å². The van der Waals surface area contributed by atoms with Gasteiger partial charge in [-0.2, -0.15) is 0 Å². The number of rotatable bonds is 3. The van der Waals surface area contributed by atoms with E-state index in [0.29, 0.717) is 5.56 Å². The number of nitrogens with zero attached hydrogens (tertiary/aromatic N) is 3. The fourth-order valence-corrected chi connectivity index (χ4v) is 4.37. The van der Waals surface area contributed by atoms with Crippen LogP contribution in [0, 0.1) is 13.8 Å².